The lowest BCUT2D eigenvalue weighted by Crippen LogP contribution is -2.28. The highest BCUT2D eigenvalue weighted by molar-refractivity contribution is 5.79. The van der Waals surface area contributed by atoms with E-state index in [4.69, 9.17) is 5.73 Å². The molecular formula is C24H26N8O. The predicted molar refractivity (Wildman–Crippen MR) is 130 cm³/mol. The second-order valence-corrected chi connectivity index (χ2v) is 8.18. The van der Waals surface area contributed by atoms with E-state index < -0.39 is 0 Å². The quantitative estimate of drug-likeness (QED) is 0.290. The molecule has 1 aromatic carbocycles. The zero-order valence-electron chi connectivity index (χ0n) is 18.1. The number of fused-ring (bicyclic) bond motifs is 1. The highest BCUT2D eigenvalue weighted by Gasteiger charge is 2.25. The van der Waals surface area contributed by atoms with Gasteiger partial charge in [0.1, 0.15) is 5.82 Å². The Labute approximate surface area is 191 Å². The Kier molecular flexibility index (Phi) is 5.86. The third-order valence-corrected chi connectivity index (χ3v) is 5.77. The maximum atomic E-state index is 10.1. The lowest BCUT2D eigenvalue weighted by Gasteiger charge is -2.17. The number of hydrogen-bond donors (Lipinski definition) is 5. The molecule has 0 bridgehead atoms. The van der Waals surface area contributed by atoms with Gasteiger partial charge in [0.15, 0.2) is 17.5 Å². The van der Waals surface area contributed by atoms with Crippen LogP contribution in [-0.4, -0.2) is 37.2 Å². The average molecular weight is 443 g/mol. The maximum absolute atomic E-state index is 10.1. The molecule has 0 spiro atoms. The lowest BCUT2D eigenvalue weighted by atomic mass is 10.1. The van der Waals surface area contributed by atoms with Gasteiger partial charge in [-0.1, -0.05) is 12.1 Å². The van der Waals surface area contributed by atoms with Crippen LogP contribution in [0.1, 0.15) is 24.8 Å². The van der Waals surface area contributed by atoms with Gasteiger partial charge in [-0.05, 0) is 49.1 Å². The van der Waals surface area contributed by atoms with Gasteiger partial charge in [-0.25, -0.2) is 15.0 Å². The molecular weight excluding hydrogens is 416 g/mol. The van der Waals surface area contributed by atoms with Gasteiger partial charge in [0.2, 0.25) is 0 Å². The average Bonchev–Trinajstić information content (AvgIpc) is 3.23. The fraction of sp³-hybridized carbons (Fsp3) is 0.250. The molecule has 0 aliphatic heterocycles. The van der Waals surface area contributed by atoms with E-state index in [2.05, 4.69) is 42.0 Å². The second kappa shape index (κ2) is 9.25. The van der Waals surface area contributed by atoms with Gasteiger partial charge >= 0.3 is 0 Å². The van der Waals surface area contributed by atoms with E-state index in [9.17, 15) is 5.11 Å². The first-order chi connectivity index (χ1) is 16.1. The summed E-state index contributed by atoms with van der Waals surface area (Å²) in [5.41, 5.74) is 8.91. The molecule has 1 aliphatic carbocycles. The van der Waals surface area contributed by atoms with Crippen molar-refractivity contribution in [3.8, 4) is 0 Å². The van der Waals surface area contributed by atoms with Crippen molar-refractivity contribution in [2.75, 3.05) is 21.7 Å². The summed E-state index contributed by atoms with van der Waals surface area (Å²) in [7, 11) is 0. The van der Waals surface area contributed by atoms with E-state index in [1.807, 2.05) is 36.4 Å². The molecule has 9 heteroatoms. The van der Waals surface area contributed by atoms with Crippen LogP contribution in [0, 0.1) is 0 Å². The van der Waals surface area contributed by atoms with Crippen molar-refractivity contribution in [1.29, 1.82) is 0 Å². The number of nitrogens with zero attached hydrogens (tertiary/aromatic N) is 4. The van der Waals surface area contributed by atoms with Crippen molar-refractivity contribution < 1.29 is 5.11 Å². The standard InChI is InChI=1S/C24H26N8O/c25-23-24(29-13-15-6-7-18-16(11-15)3-2-9-26-18)32-22(14-28-23)30-17-8-10-27-21(12-17)31-19-4-1-5-20(19)33/h2-3,6-12,14,19-20,33H,1,4-5,13H2,(H2,25,28)(H3,27,29,30,31,32)/t19-,20-/m1/s1. The number of nitrogens with two attached hydrogens (primary N) is 1. The highest BCUT2D eigenvalue weighted by atomic mass is 16.3. The lowest BCUT2D eigenvalue weighted by molar-refractivity contribution is 0.171. The Bertz CT molecular complexity index is 1260. The van der Waals surface area contributed by atoms with Crippen LogP contribution in [0.4, 0.5) is 29.0 Å². The number of nitrogen functional groups attached to an aromatic ring is 1. The SMILES string of the molecule is Nc1ncc(Nc2ccnc(N[C@@H]3CCC[C@H]3O)c2)nc1NCc1ccc2ncccc2c1. The Morgan fingerprint density at radius 2 is 1.94 bits per heavy atom. The van der Waals surface area contributed by atoms with E-state index in [1.54, 1.807) is 18.6 Å². The third kappa shape index (κ3) is 4.93. The number of rotatable bonds is 7. The number of anilines is 5. The minimum atomic E-state index is -0.334. The van der Waals surface area contributed by atoms with Crippen molar-refractivity contribution >= 4 is 39.9 Å². The molecule has 0 amide bonds. The van der Waals surface area contributed by atoms with Crippen molar-refractivity contribution in [3.63, 3.8) is 0 Å². The van der Waals surface area contributed by atoms with Crippen LogP contribution in [-0.2, 0) is 6.54 Å². The molecule has 168 valence electrons. The van der Waals surface area contributed by atoms with Crippen LogP contribution in [0.15, 0.2) is 61.1 Å². The molecule has 0 radical (unpaired) electrons. The van der Waals surface area contributed by atoms with Gasteiger partial charge in [0.25, 0.3) is 0 Å². The summed E-state index contributed by atoms with van der Waals surface area (Å²) < 4.78 is 0. The maximum Gasteiger partial charge on any atom is 0.171 e. The van der Waals surface area contributed by atoms with Gasteiger partial charge in [0.05, 0.1) is 23.9 Å². The van der Waals surface area contributed by atoms with Crippen LogP contribution < -0.4 is 21.7 Å². The molecule has 3 heterocycles. The van der Waals surface area contributed by atoms with Crippen molar-refractivity contribution in [2.24, 2.45) is 0 Å². The number of benzene rings is 1. The van der Waals surface area contributed by atoms with Gasteiger partial charge < -0.3 is 26.8 Å². The van der Waals surface area contributed by atoms with E-state index in [1.165, 1.54) is 0 Å². The van der Waals surface area contributed by atoms with Crippen LogP contribution in [0.5, 0.6) is 0 Å². The fourth-order valence-electron chi connectivity index (χ4n) is 4.04. The Morgan fingerprint density at radius 1 is 1.00 bits per heavy atom. The normalized spacial score (nSPS) is 17.7. The summed E-state index contributed by atoms with van der Waals surface area (Å²) >= 11 is 0. The highest BCUT2D eigenvalue weighted by Crippen LogP contribution is 2.25. The molecule has 0 saturated heterocycles. The van der Waals surface area contributed by atoms with Crippen LogP contribution in [0.25, 0.3) is 10.9 Å². The summed E-state index contributed by atoms with van der Waals surface area (Å²) in [5, 5.41) is 21.0. The second-order valence-electron chi connectivity index (χ2n) is 8.18. The largest absolute Gasteiger partial charge is 0.391 e. The predicted octanol–water partition coefficient (Wildman–Crippen LogP) is 3.68. The summed E-state index contributed by atoms with van der Waals surface area (Å²) in [6.07, 6.45) is 7.54. The van der Waals surface area contributed by atoms with Crippen LogP contribution >= 0.6 is 0 Å². The molecule has 2 atom stereocenters. The molecule has 5 rings (SSSR count). The Balaban J connectivity index is 1.27. The van der Waals surface area contributed by atoms with Crippen LogP contribution in [0.3, 0.4) is 0 Å². The zero-order chi connectivity index (χ0) is 22.6. The van der Waals surface area contributed by atoms with Gasteiger partial charge in [-0.3, -0.25) is 4.98 Å². The zero-order valence-corrected chi connectivity index (χ0v) is 18.1. The molecule has 4 aromatic rings. The minimum Gasteiger partial charge on any atom is -0.391 e. The summed E-state index contributed by atoms with van der Waals surface area (Å²) in [5.74, 6) is 2.11. The minimum absolute atomic E-state index is 0.0331. The van der Waals surface area contributed by atoms with Crippen molar-refractivity contribution in [2.45, 2.75) is 38.0 Å². The Hall–Kier alpha value is -3.98. The first kappa shape index (κ1) is 20.9. The first-order valence-electron chi connectivity index (χ1n) is 11.0. The number of aliphatic hydroxyl groups excluding tert-OH is 1. The van der Waals surface area contributed by atoms with Gasteiger partial charge in [-0.15, -0.1) is 0 Å². The third-order valence-electron chi connectivity index (χ3n) is 5.77. The molecule has 3 aromatic heterocycles. The molecule has 9 nitrogen and oxygen atoms in total. The number of pyridine rings is 2. The molecule has 1 aliphatic rings. The molecule has 0 unspecified atom stereocenters. The molecule has 6 N–H and O–H groups in total. The van der Waals surface area contributed by atoms with Gasteiger partial charge in [0, 0.05) is 36.1 Å². The van der Waals surface area contributed by atoms with Crippen molar-refractivity contribution in [3.05, 3.63) is 66.6 Å². The van der Waals surface area contributed by atoms with Gasteiger partial charge in [-0.2, -0.15) is 0 Å². The number of nitrogens with one attached hydrogen (secondary N) is 3. The van der Waals surface area contributed by atoms with Crippen molar-refractivity contribution in [1.82, 2.24) is 19.9 Å². The molecule has 33 heavy (non-hydrogen) atoms. The number of aromatic nitrogens is 4. The van der Waals surface area contributed by atoms with E-state index in [0.717, 1.165) is 41.4 Å². The smallest absolute Gasteiger partial charge is 0.171 e. The first-order valence-corrected chi connectivity index (χ1v) is 11.0. The molecule has 1 saturated carbocycles. The topological polar surface area (TPSA) is 134 Å². The number of hydrogen-bond acceptors (Lipinski definition) is 9. The monoisotopic (exact) mass is 442 g/mol. The van der Waals surface area contributed by atoms with E-state index in [0.29, 0.717) is 29.8 Å². The Morgan fingerprint density at radius 3 is 2.82 bits per heavy atom. The molecule has 1 fully saturated rings. The van der Waals surface area contributed by atoms with E-state index >= 15 is 0 Å². The fourth-order valence-corrected chi connectivity index (χ4v) is 4.04. The summed E-state index contributed by atoms with van der Waals surface area (Å²) in [4.78, 5) is 17.6. The summed E-state index contributed by atoms with van der Waals surface area (Å²) in [6.45, 7) is 0.556. The van der Waals surface area contributed by atoms with Crippen LogP contribution in [0.2, 0.25) is 0 Å². The summed E-state index contributed by atoms with van der Waals surface area (Å²) in [6, 6.07) is 13.9. The van der Waals surface area contributed by atoms with E-state index in [-0.39, 0.29) is 12.1 Å². The number of aliphatic hydroxyl groups is 1.